The third-order valence-electron chi connectivity index (χ3n) is 1.99. The van der Waals surface area contributed by atoms with Crippen molar-refractivity contribution in [3.05, 3.63) is 29.3 Å². The minimum Gasteiger partial charge on any atom is -0.496 e. The molecular formula is C10H10F3NO2. The van der Waals surface area contributed by atoms with E-state index in [0.29, 0.717) is 0 Å². The number of amides is 1. The fourth-order valence-corrected chi connectivity index (χ4v) is 1.22. The quantitative estimate of drug-likeness (QED) is 0.849. The van der Waals surface area contributed by atoms with E-state index in [1.54, 1.807) is 0 Å². The van der Waals surface area contributed by atoms with Gasteiger partial charge in [0.15, 0.2) is 0 Å². The highest BCUT2D eigenvalue weighted by Gasteiger charge is 2.34. The molecule has 0 radical (unpaired) electrons. The topological polar surface area (TPSA) is 38.3 Å². The van der Waals surface area contributed by atoms with Gasteiger partial charge in [-0.1, -0.05) is 0 Å². The number of ether oxygens (including phenoxy) is 1. The van der Waals surface area contributed by atoms with Crippen molar-refractivity contribution in [1.29, 1.82) is 0 Å². The Hall–Kier alpha value is -1.72. The lowest BCUT2D eigenvalue weighted by Gasteiger charge is -2.12. The molecule has 0 aliphatic carbocycles. The van der Waals surface area contributed by atoms with E-state index < -0.39 is 17.6 Å². The molecule has 0 spiro atoms. The molecule has 1 N–H and O–H groups in total. The van der Waals surface area contributed by atoms with Crippen LogP contribution in [0.4, 0.5) is 13.2 Å². The Morgan fingerprint density at radius 2 is 2.00 bits per heavy atom. The Morgan fingerprint density at radius 1 is 1.38 bits per heavy atom. The first-order valence-electron chi connectivity index (χ1n) is 4.37. The highest BCUT2D eigenvalue weighted by atomic mass is 19.4. The second-order valence-corrected chi connectivity index (χ2v) is 2.99. The fourth-order valence-electron chi connectivity index (χ4n) is 1.22. The molecule has 0 atom stereocenters. The summed E-state index contributed by atoms with van der Waals surface area (Å²) in [6.07, 6.45) is -4.55. The van der Waals surface area contributed by atoms with E-state index in [2.05, 4.69) is 10.1 Å². The standard InChI is InChI=1S/C10H10F3NO2/c1-14-9(15)6-3-4-8(16-2)7(5-6)10(11,12)13/h3-5H,1-2H3,(H,14,15). The largest absolute Gasteiger partial charge is 0.496 e. The highest BCUT2D eigenvalue weighted by molar-refractivity contribution is 5.94. The predicted octanol–water partition coefficient (Wildman–Crippen LogP) is 2.07. The molecule has 0 heterocycles. The van der Waals surface area contributed by atoms with E-state index in [4.69, 9.17) is 0 Å². The van der Waals surface area contributed by atoms with Crippen molar-refractivity contribution >= 4 is 5.91 Å². The third-order valence-corrected chi connectivity index (χ3v) is 1.99. The lowest BCUT2D eigenvalue weighted by molar-refractivity contribution is -0.138. The fraction of sp³-hybridized carbons (Fsp3) is 0.300. The van der Waals surface area contributed by atoms with Crippen LogP contribution in [0.15, 0.2) is 18.2 Å². The number of carbonyl (C=O) groups is 1. The SMILES string of the molecule is CNC(=O)c1ccc(OC)c(C(F)(F)F)c1. The van der Waals surface area contributed by atoms with E-state index in [9.17, 15) is 18.0 Å². The van der Waals surface area contributed by atoms with Crippen LogP contribution in [0.3, 0.4) is 0 Å². The first kappa shape index (κ1) is 12.4. The smallest absolute Gasteiger partial charge is 0.419 e. The minimum atomic E-state index is -4.55. The van der Waals surface area contributed by atoms with Crippen molar-refractivity contribution in [2.24, 2.45) is 0 Å². The molecule has 88 valence electrons. The summed E-state index contributed by atoms with van der Waals surface area (Å²) < 4.78 is 42.3. The number of methoxy groups -OCH3 is 1. The van der Waals surface area contributed by atoms with E-state index in [1.165, 1.54) is 13.1 Å². The van der Waals surface area contributed by atoms with Crippen LogP contribution >= 0.6 is 0 Å². The number of halogens is 3. The second-order valence-electron chi connectivity index (χ2n) is 2.99. The van der Waals surface area contributed by atoms with Crippen molar-refractivity contribution in [2.75, 3.05) is 14.2 Å². The van der Waals surface area contributed by atoms with Gasteiger partial charge in [-0.2, -0.15) is 13.2 Å². The van der Waals surface area contributed by atoms with Crippen molar-refractivity contribution in [3.63, 3.8) is 0 Å². The molecule has 0 saturated heterocycles. The lowest BCUT2D eigenvalue weighted by Crippen LogP contribution is -2.19. The zero-order chi connectivity index (χ0) is 12.3. The van der Waals surface area contributed by atoms with Gasteiger partial charge < -0.3 is 10.1 Å². The maximum absolute atomic E-state index is 12.6. The number of rotatable bonds is 2. The van der Waals surface area contributed by atoms with E-state index in [0.717, 1.165) is 19.2 Å². The van der Waals surface area contributed by atoms with Crippen LogP contribution in [-0.2, 0) is 6.18 Å². The number of hydrogen-bond acceptors (Lipinski definition) is 2. The molecule has 1 aromatic carbocycles. The first-order chi connectivity index (χ1) is 7.40. The van der Waals surface area contributed by atoms with Crippen molar-refractivity contribution in [1.82, 2.24) is 5.32 Å². The van der Waals surface area contributed by atoms with Crippen LogP contribution in [0.25, 0.3) is 0 Å². The van der Waals surface area contributed by atoms with Gasteiger partial charge >= 0.3 is 6.18 Å². The molecule has 0 aliphatic heterocycles. The summed E-state index contributed by atoms with van der Waals surface area (Å²) in [4.78, 5) is 11.2. The summed E-state index contributed by atoms with van der Waals surface area (Å²) in [5.41, 5.74) is -1.02. The monoisotopic (exact) mass is 233 g/mol. The number of carbonyl (C=O) groups excluding carboxylic acids is 1. The Balaban J connectivity index is 3.27. The van der Waals surface area contributed by atoms with Gasteiger partial charge in [0.2, 0.25) is 0 Å². The maximum atomic E-state index is 12.6. The van der Waals surface area contributed by atoms with Crippen LogP contribution in [-0.4, -0.2) is 20.1 Å². The minimum absolute atomic E-state index is 0.0596. The summed E-state index contributed by atoms with van der Waals surface area (Å²) in [6.45, 7) is 0. The Bertz CT molecular complexity index is 402. The molecule has 16 heavy (non-hydrogen) atoms. The van der Waals surface area contributed by atoms with Crippen LogP contribution in [0.2, 0.25) is 0 Å². The normalized spacial score (nSPS) is 11.1. The number of benzene rings is 1. The highest BCUT2D eigenvalue weighted by Crippen LogP contribution is 2.36. The van der Waals surface area contributed by atoms with Gasteiger partial charge in [0.25, 0.3) is 5.91 Å². The molecule has 0 saturated carbocycles. The van der Waals surface area contributed by atoms with Gasteiger partial charge in [0.05, 0.1) is 12.7 Å². The van der Waals surface area contributed by atoms with E-state index in [-0.39, 0.29) is 11.3 Å². The molecule has 0 aliphatic rings. The van der Waals surface area contributed by atoms with Gasteiger partial charge in [0.1, 0.15) is 5.75 Å². The number of hydrogen-bond donors (Lipinski definition) is 1. The van der Waals surface area contributed by atoms with Gasteiger partial charge in [-0.3, -0.25) is 4.79 Å². The number of nitrogens with one attached hydrogen (secondary N) is 1. The number of alkyl halides is 3. The summed E-state index contributed by atoms with van der Waals surface area (Å²) >= 11 is 0. The van der Waals surface area contributed by atoms with E-state index >= 15 is 0 Å². The average Bonchev–Trinajstić information content (AvgIpc) is 2.26. The Kier molecular flexibility index (Phi) is 3.41. The average molecular weight is 233 g/mol. The Morgan fingerprint density at radius 3 is 2.44 bits per heavy atom. The molecule has 1 amide bonds. The van der Waals surface area contributed by atoms with E-state index in [1.807, 2.05) is 0 Å². The molecule has 1 rings (SSSR count). The second kappa shape index (κ2) is 4.42. The lowest BCUT2D eigenvalue weighted by atomic mass is 10.1. The first-order valence-corrected chi connectivity index (χ1v) is 4.37. The molecule has 0 bridgehead atoms. The summed E-state index contributed by atoms with van der Waals surface area (Å²) in [5, 5.41) is 2.25. The molecular weight excluding hydrogens is 223 g/mol. The zero-order valence-corrected chi connectivity index (χ0v) is 8.68. The summed E-state index contributed by atoms with van der Waals surface area (Å²) in [7, 11) is 2.49. The van der Waals surface area contributed by atoms with Gasteiger partial charge in [-0.15, -0.1) is 0 Å². The molecule has 0 unspecified atom stereocenters. The van der Waals surface area contributed by atoms with Crippen LogP contribution < -0.4 is 10.1 Å². The molecule has 0 fully saturated rings. The zero-order valence-electron chi connectivity index (χ0n) is 8.68. The van der Waals surface area contributed by atoms with Crippen LogP contribution in [0.5, 0.6) is 5.75 Å². The van der Waals surface area contributed by atoms with Crippen molar-refractivity contribution < 1.29 is 22.7 Å². The van der Waals surface area contributed by atoms with Gasteiger partial charge in [0, 0.05) is 12.6 Å². The van der Waals surface area contributed by atoms with Gasteiger partial charge in [-0.05, 0) is 18.2 Å². The summed E-state index contributed by atoms with van der Waals surface area (Å²) in [6, 6.07) is 3.15. The molecule has 1 aromatic rings. The molecule has 0 aromatic heterocycles. The predicted molar refractivity (Wildman–Crippen MR) is 51.4 cm³/mol. The summed E-state index contributed by atoms with van der Waals surface area (Å²) in [5.74, 6) is -0.881. The maximum Gasteiger partial charge on any atom is 0.419 e. The van der Waals surface area contributed by atoms with Gasteiger partial charge in [-0.25, -0.2) is 0 Å². The molecule has 3 nitrogen and oxygen atoms in total. The van der Waals surface area contributed by atoms with Crippen molar-refractivity contribution in [3.8, 4) is 5.75 Å². The Labute approximate surface area is 90.2 Å². The molecule has 6 heteroatoms. The van der Waals surface area contributed by atoms with Crippen LogP contribution in [0, 0.1) is 0 Å². The van der Waals surface area contributed by atoms with Crippen molar-refractivity contribution in [2.45, 2.75) is 6.18 Å². The van der Waals surface area contributed by atoms with Crippen LogP contribution in [0.1, 0.15) is 15.9 Å². The third kappa shape index (κ3) is 2.44.